The maximum Gasteiger partial charge on any atom is 0.0606 e. The van der Waals surface area contributed by atoms with Gasteiger partial charge in [-0.2, -0.15) is 0 Å². The minimum absolute atomic E-state index is 0.223. The molecule has 0 rings (SSSR count). The van der Waals surface area contributed by atoms with Crippen LogP contribution >= 0.6 is 0 Å². The van der Waals surface area contributed by atoms with Crippen molar-refractivity contribution in [1.29, 1.82) is 0 Å². The number of likely N-dealkylation sites (N-methyl/N-ethyl adjacent to an activating group) is 1. The van der Waals surface area contributed by atoms with E-state index in [9.17, 15) is 0 Å². The highest BCUT2D eigenvalue weighted by Crippen LogP contribution is 1.80. The highest BCUT2D eigenvalue weighted by molar-refractivity contribution is 4.75. The van der Waals surface area contributed by atoms with Crippen molar-refractivity contribution in [1.82, 2.24) is 4.90 Å². The molecule has 1 N–H and O–H groups in total. The zero-order chi connectivity index (χ0) is 6.41. The fourth-order valence-corrected chi connectivity index (χ4v) is 0.487. The summed E-state index contributed by atoms with van der Waals surface area (Å²) in [5.74, 6) is 0. The van der Waals surface area contributed by atoms with Gasteiger partial charge < -0.3 is 10.0 Å². The molecule has 2 heteroatoms. The third-order valence-electron chi connectivity index (χ3n) is 0.856. The van der Waals surface area contributed by atoms with Crippen LogP contribution in [-0.2, 0) is 0 Å². The number of aliphatic hydroxyl groups is 1. The molecule has 0 aromatic rings. The first-order valence-electron chi connectivity index (χ1n) is 2.75. The van der Waals surface area contributed by atoms with Crippen LogP contribution < -0.4 is 0 Å². The Morgan fingerprint density at radius 3 is 2.62 bits per heavy atom. The first kappa shape index (κ1) is 7.50. The van der Waals surface area contributed by atoms with Crippen LogP contribution in [-0.4, -0.2) is 30.2 Å². The van der Waals surface area contributed by atoms with Crippen molar-refractivity contribution in [2.24, 2.45) is 0 Å². The van der Waals surface area contributed by atoms with Gasteiger partial charge >= 0.3 is 0 Å². The van der Waals surface area contributed by atoms with Crippen molar-refractivity contribution in [2.75, 3.05) is 20.2 Å². The highest BCUT2D eigenvalue weighted by Gasteiger charge is 1.83. The summed E-state index contributed by atoms with van der Waals surface area (Å²) in [5, 5.41) is 8.39. The number of hydrogen-bond acceptors (Lipinski definition) is 2. The molecule has 0 bridgehead atoms. The molecule has 0 atom stereocenters. The quantitative estimate of drug-likeness (QED) is 0.577. The third-order valence-corrected chi connectivity index (χ3v) is 0.856. The van der Waals surface area contributed by atoms with Crippen molar-refractivity contribution in [3.8, 4) is 0 Å². The van der Waals surface area contributed by atoms with Crippen LogP contribution in [0.15, 0.2) is 12.3 Å². The minimum atomic E-state index is 0.223. The molecule has 2 nitrogen and oxygen atoms in total. The van der Waals surface area contributed by atoms with E-state index in [-0.39, 0.29) is 6.61 Å². The van der Waals surface area contributed by atoms with Gasteiger partial charge in [0.25, 0.3) is 0 Å². The van der Waals surface area contributed by atoms with Gasteiger partial charge in [0.1, 0.15) is 0 Å². The normalized spacial score (nSPS) is 10.4. The van der Waals surface area contributed by atoms with Crippen LogP contribution in [0.3, 0.4) is 0 Å². The second-order valence-electron chi connectivity index (χ2n) is 1.69. The Morgan fingerprint density at radius 2 is 2.25 bits per heavy atom. The van der Waals surface area contributed by atoms with Gasteiger partial charge in [-0.25, -0.2) is 0 Å². The zero-order valence-corrected chi connectivity index (χ0v) is 5.46. The lowest BCUT2D eigenvalue weighted by Crippen LogP contribution is -2.14. The first-order chi connectivity index (χ1) is 3.81. The largest absolute Gasteiger partial charge is 0.395 e. The van der Waals surface area contributed by atoms with Crippen LogP contribution in [0.25, 0.3) is 0 Å². The molecule has 48 valence electrons. The summed E-state index contributed by atoms with van der Waals surface area (Å²) in [5.41, 5.74) is 0. The van der Waals surface area contributed by atoms with Crippen LogP contribution in [0, 0.1) is 0 Å². The maximum atomic E-state index is 8.39. The Bertz CT molecular complexity index is 70.9. The van der Waals surface area contributed by atoms with Gasteiger partial charge in [-0.05, 0) is 13.1 Å². The lowest BCUT2D eigenvalue weighted by Gasteiger charge is -2.09. The first-order valence-corrected chi connectivity index (χ1v) is 2.75. The van der Waals surface area contributed by atoms with Gasteiger partial charge in [0.15, 0.2) is 0 Å². The fourth-order valence-electron chi connectivity index (χ4n) is 0.487. The Morgan fingerprint density at radius 1 is 1.62 bits per heavy atom. The van der Waals surface area contributed by atoms with E-state index in [0.717, 1.165) is 0 Å². The standard InChI is InChI=1S/C6H13NO/c1-3-4-7(2)5-6-8/h3-4,8H,5-6H2,1-2H3/b4-3+. The molecule has 0 aromatic heterocycles. The summed E-state index contributed by atoms with van der Waals surface area (Å²) in [6, 6.07) is 0. The molecule has 0 aliphatic carbocycles. The second kappa shape index (κ2) is 4.65. The molecule has 0 unspecified atom stereocenters. The van der Waals surface area contributed by atoms with Crippen molar-refractivity contribution in [3.63, 3.8) is 0 Å². The molecular weight excluding hydrogens is 102 g/mol. The summed E-state index contributed by atoms with van der Waals surface area (Å²) in [7, 11) is 1.93. The molecule has 0 saturated heterocycles. The van der Waals surface area contributed by atoms with Crippen molar-refractivity contribution in [2.45, 2.75) is 6.92 Å². The van der Waals surface area contributed by atoms with Gasteiger partial charge in [0.05, 0.1) is 6.61 Å². The summed E-state index contributed by atoms with van der Waals surface area (Å²) >= 11 is 0. The number of allylic oxidation sites excluding steroid dienone is 1. The summed E-state index contributed by atoms with van der Waals surface area (Å²) in [4.78, 5) is 1.93. The number of rotatable bonds is 3. The van der Waals surface area contributed by atoms with Gasteiger partial charge in [0, 0.05) is 13.6 Å². The van der Waals surface area contributed by atoms with Crippen molar-refractivity contribution in [3.05, 3.63) is 12.3 Å². The number of nitrogens with zero attached hydrogens (tertiary/aromatic N) is 1. The van der Waals surface area contributed by atoms with E-state index < -0.39 is 0 Å². The summed E-state index contributed by atoms with van der Waals surface area (Å²) in [6.45, 7) is 2.89. The molecule has 0 fully saturated rings. The molecule has 0 radical (unpaired) electrons. The number of hydrogen-bond donors (Lipinski definition) is 1. The van der Waals surface area contributed by atoms with E-state index in [1.165, 1.54) is 0 Å². The Hall–Kier alpha value is -0.500. The van der Waals surface area contributed by atoms with Crippen LogP contribution in [0.4, 0.5) is 0 Å². The number of aliphatic hydroxyl groups excluding tert-OH is 1. The third kappa shape index (κ3) is 3.68. The van der Waals surface area contributed by atoms with Crippen molar-refractivity contribution < 1.29 is 5.11 Å². The van der Waals surface area contributed by atoms with E-state index in [1.807, 2.05) is 31.1 Å². The SMILES string of the molecule is C/C=C/N(C)CCO. The van der Waals surface area contributed by atoms with Gasteiger partial charge in [0.2, 0.25) is 0 Å². The Kier molecular flexibility index (Phi) is 4.36. The minimum Gasteiger partial charge on any atom is -0.395 e. The molecule has 0 aliphatic rings. The predicted octanol–water partition coefficient (Wildman–Crippen LogP) is 0.444. The topological polar surface area (TPSA) is 23.5 Å². The maximum absolute atomic E-state index is 8.39. The van der Waals surface area contributed by atoms with Crippen LogP contribution in [0.2, 0.25) is 0 Å². The van der Waals surface area contributed by atoms with E-state index >= 15 is 0 Å². The predicted molar refractivity (Wildman–Crippen MR) is 34.5 cm³/mol. The fraction of sp³-hybridized carbons (Fsp3) is 0.667. The van der Waals surface area contributed by atoms with Gasteiger partial charge in [-0.15, -0.1) is 0 Å². The Balaban J connectivity index is 3.17. The molecule has 0 amide bonds. The summed E-state index contributed by atoms with van der Waals surface area (Å²) < 4.78 is 0. The lowest BCUT2D eigenvalue weighted by atomic mass is 10.6. The molecule has 0 saturated carbocycles. The van der Waals surface area contributed by atoms with Gasteiger partial charge in [-0.1, -0.05) is 6.08 Å². The van der Waals surface area contributed by atoms with Crippen molar-refractivity contribution >= 4 is 0 Å². The average Bonchev–Trinajstić information content (AvgIpc) is 1.68. The summed E-state index contributed by atoms with van der Waals surface area (Å²) in [6.07, 6.45) is 3.87. The smallest absolute Gasteiger partial charge is 0.0606 e. The lowest BCUT2D eigenvalue weighted by molar-refractivity contribution is 0.254. The molecule has 0 spiro atoms. The van der Waals surface area contributed by atoms with E-state index in [4.69, 9.17) is 5.11 Å². The molecular formula is C6H13NO. The second-order valence-corrected chi connectivity index (χ2v) is 1.69. The molecule has 0 aromatic carbocycles. The zero-order valence-electron chi connectivity index (χ0n) is 5.46. The highest BCUT2D eigenvalue weighted by atomic mass is 16.3. The van der Waals surface area contributed by atoms with Crippen LogP contribution in [0.1, 0.15) is 6.92 Å². The Labute approximate surface area is 50.4 Å². The van der Waals surface area contributed by atoms with E-state index in [2.05, 4.69) is 0 Å². The molecule has 0 aliphatic heterocycles. The molecule has 8 heavy (non-hydrogen) atoms. The van der Waals surface area contributed by atoms with E-state index in [0.29, 0.717) is 6.54 Å². The molecule has 0 heterocycles. The van der Waals surface area contributed by atoms with Gasteiger partial charge in [-0.3, -0.25) is 0 Å². The monoisotopic (exact) mass is 115 g/mol. The van der Waals surface area contributed by atoms with Crippen LogP contribution in [0.5, 0.6) is 0 Å². The average molecular weight is 115 g/mol. The van der Waals surface area contributed by atoms with E-state index in [1.54, 1.807) is 0 Å².